The van der Waals surface area contributed by atoms with Gasteiger partial charge >= 0.3 is 0 Å². The Balaban J connectivity index is 1.71. The SMILES string of the molecule is O=C(CN[C@@H]1CCNC1)N1CCC[C@H]1O. The molecule has 0 radical (unpaired) electrons. The fourth-order valence-electron chi connectivity index (χ4n) is 2.20. The lowest BCUT2D eigenvalue weighted by molar-refractivity contribution is -0.137. The fourth-order valence-corrected chi connectivity index (χ4v) is 2.20. The molecule has 0 aliphatic carbocycles. The third-order valence-corrected chi connectivity index (χ3v) is 3.14. The van der Waals surface area contributed by atoms with Crippen molar-refractivity contribution in [3.05, 3.63) is 0 Å². The predicted molar refractivity (Wildman–Crippen MR) is 56.2 cm³/mol. The molecule has 0 aromatic heterocycles. The summed E-state index contributed by atoms with van der Waals surface area (Å²) in [6.45, 7) is 3.02. The zero-order chi connectivity index (χ0) is 10.7. The lowest BCUT2D eigenvalue weighted by Crippen LogP contribution is -2.44. The normalized spacial score (nSPS) is 31.1. The van der Waals surface area contributed by atoms with Crippen molar-refractivity contribution in [1.82, 2.24) is 15.5 Å². The molecule has 0 bridgehead atoms. The molecule has 0 spiro atoms. The third-order valence-electron chi connectivity index (χ3n) is 3.14. The quantitative estimate of drug-likeness (QED) is 0.555. The fraction of sp³-hybridized carbons (Fsp3) is 0.900. The summed E-state index contributed by atoms with van der Waals surface area (Å²) in [6, 6.07) is 0.411. The second-order valence-electron chi connectivity index (χ2n) is 4.28. The topological polar surface area (TPSA) is 64.6 Å². The van der Waals surface area contributed by atoms with Crippen LogP contribution >= 0.6 is 0 Å². The van der Waals surface area contributed by atoms with Crippen LogP contribution in [0.4, 0.5) is 0 Å². The summed E-state index contributed by atoms with van der Waals surface area (Å²) in [4.78, 5) is 13.3. The van der Waals surface area contributed by atoms with Crippen LogP contribution < -0.4 is 10.6 Å². The summed E-state index contributed by atoms with van der Waals surface area (Å²) >= 11 is 0. The molecule has 2 rings (SSSR count). The van der Waals surface area contributed by atoms with E-state index in [4.69, 9.17) is 0 Å². The minimum absolute atomic E-state index is 0.0203. The number of rotatable bonds is 3. The summed E-state index contributed by atoms with van der Waals surface area (Å²) < 4.78 is 0. The number of carbonyl (C=O) groups is 1. The highest BCUT2D eigenvalue weighted by Gasteiger charge is 2.26. The van der Waals surface area contributed by atoms with E-state index in [1.807, 2.05) is 0 Å². The molecule has 2 atom stereocenters. The van der Waals surface area contributed by atoms with Crippen molar-refractivity contribution < 1.29 is 9.90 Å². The zero-order valence-corrected chi connectivity index (χ0v) is 8.91. The van der Waals surface area contributed by atoms with Crippen LogP contribution in [0, 0.1) is 0 Å². The van der Waals surface area contributed by atoms with E-state index in [9.17, 15) is 9.90 Å². The van der Waals surface area contributed by atoms with E-state index in [1.54, 1.807) is 4.90 Å². The van der Waals surface area contributed by atoms with Crippen molar-refractivity contribution in [3.63, 3.8) is 0 Å². The van der Waals surface area contributed by atoms with E-state index < -0.39 is 6.23 Å². The van der Waals surface area contributed by atoms with Gasteiger partial charge in [-0.1, -0.05) is 0 Å². The first-order chi connectivity index (χ1) is 7.27. The van der Waals surface area contributed by atoms with Gasteiger partial charge in [-0.05, 0) is 25.8 Å². The van der Waals surface area contributed by atoms with Crippen LogP contribution in [-0.4, -0.2) is 54.4 Å². The minimum atomic E-state index is -0.555. The third kappa shape index (κ3) is 2.68. The highest BCUT2D eigenvalue weighted by molar-refractivity contribution is 5.78. The van der Waals surface area contributed by atoms with Crippen molar-refractivity contribution >= 4 is 5.91 Å². The molecule has 0 aromatic rings. The number of amides is 1. The molecule has 86 valence electrons. The molecule has 2 aliphatic heterocycles. The number of carbonyl (C=O) groups excluding carboxylic acids is 1. The van der Waals surface area contributed by atoms with Gasteiger partial charge in [0.05, 0.1) is 6.54 Å². The summed E-state index contributed by atoms with van der Waals surface area (Å²) in [7, 11) is 0. The zero-order valence-electron chi connectivity index (χ0n) is 8.91. The van der Waals surface area contributed by atoms with Crippen LogP contribution in [0.3, 0.4) is 0 Å². The van der Waals surface area contributed by atoms with Gasteiger partial charge in [-0.2, -0.15) is 0 Å². The predicted octanol–water partition coefficient (Wildman–Crippen LogP) is -1.12. The van der Waals surface area contributed by atoms with Crippen LogP contribution in [0.1, 0.15) is 19.3 Å². The molecule has 15 heavy (non-hydrogen) atoms. The van der Waals surface area contributed by atoms with Crippen LogP contribution in [0.25, 0.3) is 0 Å². The molecule has 3 N–H and O–H groups in total. The Bertz CT molecular complexity index is 229. The monoisotopic (exact) mass is 213 g/mol. The molecular formula is C10H19N3O2. The molecule has 2 aliphatic rings. The van der Waals surface area contributed by atoms with Gasteiger partial charge in [-0.15, -0.1) is 0 Å². The Morgan fingerprint density at radius 1 is 1.53 bits per heavy atom. The number of hydrogen-bond donors (Lipinski definition) is 3. The number of hydrogen-bond acceptors (Lipinski definition) is 4. The maximum absolute atomic E-state index is 11.7. The second kappa shape index (κ2) is 4.92. The highest BCUT2D eigenvalue weighted by atomic mass is 16.3. The Labute approximate surface area is 89.8 Å². The summed E-state index contributed by atoms with van der Waals surface area (Å²) in [5.74, 6) is 0.0203. The van der Waals surface area contributed by atoms with Gasteiger partial charge in [-0.25, -0.2) is 0 Å². The first kappa shape index (κ1) is 10.9. The Morgan fingerprint density at radius 2 is 2.40 bits per heavy atom. The Kier molecular flexibility index (Phi) is 3.56. The molecule has 5 nitrogen and oxygen atoms in total. The Morgan fingerprint density at radius 3 is 3.00 bits per heavy atom. The van der Waals surface area contributed by atoms with Crippen molar-refractivity contribution in [2.45, 2.75) is 31.5 Å². The number of aliphatic hydroxyl groups excluding tert-OH is 1. The van der Waals surface area contributed by atoms with E-state index in [2.05, 4.69) is 10.6 Å². The molecule has 1 amide bonds. The van der Waals surface area contributed by atoms with Crippen molar-refractivity contribution in [3.8, 4) is 0 Å². The number of likely N-dealkylation sites (tertiary alicyclic amines) is 1. The highest BCUT2D eigenvalue weighted by Crippen LogP contribution is 2.14. The summed E-state index contributed by atoms with van der Waals surface area (Å²) in [5.41, 5.74) is 0. The maximum Gasteiger partial charge on any atom is 0.238 e. The second-order valence-corrected chi connectivity index (χ2v) is 4.28. The average Bonchev–Trinajstić information content (AvgIpc) is 2.84. The van der Waals surface area contributed by atoms with Gasteiger partial charge in [0.2, 0.25) is 5.91 Å². The summed E-state index contributed by atoms with van der Waals surface area (Å²) in [5, 5.41) is 16.0. The van der Waals surface area contributed by atoms with Gasteiger partial charge in [-0.3, -0.25) is 4.79 Å². The Hall–Kier alpha value is -0.650. The van der Waals surface area contributed by atoms with Crippen LogP contribution in [0.5, 0.6) is 0 Å². The molecule has 0 saturated carbocycles. The maximum atomic E-state index is 11.7. The molecule has 2 heterocycles. The van der Waals surface area contributed by atoms with Gasteiger partial charge in [0, 0.05) is 19.1 Å². The van der Waals surface area contributed by atoms with E-state index in [0.717, 1.165) is 32.4 Å². The van der Waals surface area contributed by atoms with Gasteiger partial charge in [0.1, 0.15) is 6.23 Å². The number of nitrogens with one attached hydrogen (secondary N) is 2. The van der Waals surface area contributed by atoms with E-state index >= 15 is 0 Å². The van der Waals surface area contributed by atoms with Gasteiger partial charge in [0.25, 0.3) is 0 Å². The lowest BCUT2D eigenvalue weighted by atomic mass is 10.2. The van der Waals surface area contributed by atoms with E-state index in [-0.39, 0.29) is 5.91 Å². The smallest absolute Gasteiger partial charge is 0.238 e. The van der Waals surface area contributed by atoms with Gasteiger partial charge < -0.3 is 20.6 Å². The molecular weight excluding hydrogens is 194 g/mol. The molecule has 0 unspecified atom stereocenters. The molecule has 0 aromatic carbocycles. The van der Waals surface area contributed by atoms with Crippen molar-refractivity contribution in [1.29, 1.82) is 0 Å². The van der Waals surface area contributed by atoms with E-state index in [1.165, 1.54) is 0 Å². The number of aliphatic hydroxyl groups is 1. The molecule has 2 saturated heterocycles. The first-order valence-electron chi connectivity index (χ1n) is 5.69. The standard InChI is InChI=1S/C10H19N3O2/c14-9-2-1-5-13(9)10(15)7-12-8-3-4-11-6-8/h8-9,11-12,14H,1-7H2/t8-,9-/m1/s1. The van der Waals surface area contributed by atoms with E-state index in [0.29, 0.717) is 19.1 Å². The first-order valence-corrected chi connectivity index (χ1v) is 5.69. The molecule has 5 heteroatoms. The summed E-state index contributed by atoms with van der Waals surface area (Å²) in [6.07, 6.45) is 2.16. The lowest BCUT2D eigenvalue weighted by Gasteiger charge is -2.21. The molecule has 2 fully saturated rings. The van der Waals surface area contributed by atoms with Crippen LogP contribution in [0.2, 0.25) is 0 Å². The van der Waals surface area contributed by atoms with Crippen molar-refractivity contribution in [2.24, 2.45) is 0 Å². The van der Waals surface area contributed by atoms with Crippen molar-refractivity contribution in [2.75, 3.05) is 26.2 Å². The largest absolute Gasteiger partial charge is 0.374 e. The average molecular weight is 213 g/mol. The van der Waals surface area contributed by atoms with Crippen LogP contribution in [0.15, 0.2) is 0 Å². The minimum Gasteiger partial charge on any atom is -0.374 e. The van der Waals surface area contributed by atoms with Gasteiger partial charge in [0.15, 0.2) is 0 Å². The van der Waals surface area contributed by atoms with Crippen LogP contribution in [-0.2, 0) is 4.79 Å². The number of nitrogens with zero attached hydrogens (tertiary/aromatic N) is 1.